The third-order valence-electron chi connectivity index (χ3n) is 5.09. The van der Waals surface area contributed by atoms with Crippen LogP contribution in [0.4, 0.5) is 24.5 Å². The Bertz CT molecular complexity index is 815. The molecule has 1 aliphatic heterocycles. The van der Waals surface area contributed by atoms with Gasteiger partial charge >= 0.3 is 6.18 Å². The number of piperazine rings is 1. The minimum atomic E-state index is -4.34. The summed E-state index contributed by atoms with van der Waals surface area (Å²) in [5, 5.41) is 2.98. The van der Waals surface area contributed by atoms with Crippen molar-refractivity contribution in [2.75, 3.05) is 42.9 Å². The van der Waals surface area contributed by atoms with Gasteiger partial charge in [-0.05, 0) is 36.2 Å². The van der Waals surface area contributed by atoms with Crippen LogP contribution < -0.4 is 15.1 Å². The molecule has 0 aromatic heterocycles. The first kappa shape index (κ1) is 20.2. The number of carbonyl (C=O) groups excluding carboxylic acids is 1. The minimum Gasteiger partial charge on any atom is -0.360 e. The number of carbonyl (C=O) groups is 1. The average molecular weight is 392 g/mol. The molecule has 1 fully saturated rings. The summed E-state index contributed by atoms with van der Waals surface area (Å²) in [4.78, 5) is 15.5. The molecule has 0 atom stereocenters. The van der Waals surface area contributed by atoms with Crippen LogP contribution in [-0.4, -0.2) is 38.6 Å². The van der Waals surface area contributed by atoms with Crippen LogP contribution in [0.5, 0.6) is 0 Å². The summed E-state index contributed by atoms with van der Waals surface area (Å²) in [6.07, 6.45) is -3.49. The van der Waals surface area contributed by atoms with Crippen LogP contribution in [0.25, 0.3) is 0 Å². The van der Waals surface area contributed by atoms with Crippen molar-refractivity contribution in [3.63, 3.8) is 0 Å². The zero-order valence-electron chi connectivity index (χ0n) is 15.9. The summed E-state index contributed by atoms with van der Waals surface area (Å²) >= 11 is 0. The second kappa shape index (κ2) is 8.65. The normalized spacial score (nSPS) is 15.5. The SMILES string of the molecule is CCc1ccccc1NC(=O)C[NH+]1CCN(c2cccc(C(F)(F)F)c2)CC1. The lowest BCUT2D eigenvalue weighted by Crippen LogP contribution is -3.15. The molecule has 0 radical (unpaired) electrons. The van der Waals surface area contributed by atoms with E-state index in [0.29, 0.717) is 38.4 Å². The number of anilines is 2. The number of para-hydroxylation sites is 1. The maximum absolute atomic E-state index is 12.9. The molecule has 0 aliphatic carbocycles. The number of benzene rings is 2. The lowest BCUT2D eigenvalue weighted by atomic mass is 10.1. The number of halogens is 3. The number of amides is 1. The molecule has 1 heterocycles. The Kier molecular flexibility index (Phi) is 6.24. The van der Waals surface area contributed by atoms with E-state index in [4.69, 9.17) is 0 Å². The Morgan fingerprint density at radius 2 is 1.82 bits per heavy atom. The molecule has 1 saturated heterocycles. The Morgan fingerprint density at radius 3 is 2.50 bits per heavy atom. The van der Waals surface area contributed by atoms with Gasteiger partial charge in [0.1, 0.15) is 0 Å². The van der Waals surface area contributed by atoms with Crippen LogP contribution in [0.2, 0.25) is 0 Å². The van der Waals surface area contributed by atoms with Crippen LogP contribution in [0.15, 0.2) is 48.5 Å². The molecule has 3 rings (SSSR count). The Morgan fingerprint density at radius 1 is 1.11 bits per heavy atom. The Balaban J connectivity index is 1.54. The number of hydrogen-bond donors (Lipinski definition) is 2. The maximum Gasteiger partial charge on any atom is 0.416 e. The van der Waals surface area contributed by atoms with E-state index in [1.807, 2.05) is 36.1 Å². The highest BCUT2D eigenvalue weighted by Gasteiger charge is 2.31. The first-order chi connectivity index (χ1) is 13.4. The van der Waals surface area contributed by atoms with Gasteiger partial charge in [-0.1, -0.05) is 31.2 Å². The van der Waals surface area contributed by atoms with Gasteiger partial charge in [0.25, 0.3) is 5.91 Å². The smallest absolute Gasteiger partial charge is 0.360 e. The molecule has 0 spiro atoms. The van der Waals surface area contributed by atoms with Crippen LogP contribution in [0.1, 0.15) is 18.1 Å². The summed E-state index contributed by atoms with van der Waals surface area (Å²) in [6, 6.07) is 13.2. The maximum atomic E-state index is 12.9. The number of alkyl halides is 3. The fourth-order valence-electron chi connectivity index (χ4n) is 3.51. The summed E-state index contributed by atoms with van der Waals surface area (Å²) in [7, 11) is 0. The average Bonchev–Trinajstić information content (AvgIpc) is 2.68. The molecular weight excluding hydrogens is 367 g/mol. The largest absolute Gasteiger partial charge is 0.416 e. The van der Waals surface area contributed by atoms with E-state index in [1.54, 1.807) is 6.07 Å². The van der Waals surface area contributed by atoms with Crippen LogP contribution in [0, 0.1) is 0 Å². The van der Waals surface area contributed by atoms with E-state index in [-0.39, 0.29) is 5.91 Å². The van der Waals surface area contributed by atoms with Crippen molar-refractivity contribution in [3.05, 3.63) is 59.7 Å². The van der Waals surface area contributed by atoms with Gasteiger partial charge < -0.3 is 15.1 Å². The number of nitrogens with one attached hydrogen (secondary N) is 2. The van der Waals surface area contributed by atoms with Gasteiger partial charge in [0.15, 0.2) is 6.54 Å². The van der Waals surface area contributed by atoms with Gasteiger partial charge in [-0.3, -0.25) is 4.79 Å². The van der Waals surface area contributed by atoms with E-state index < -0.39 is 11.7 Å². The second-order valence-electron chi connectivity index (χ2n) is 7.02. The van der Waals surface area contributed by atoms with Crippen LogP contribution >= 0.6 is 0 Å². The molecule has 1 aliphatic rings. The van der Waals surface area contributed by atoms with Crippen LogP contribution in [-0.2, 0) is 17.4 Å². The van der Waals surface area contributed by atoms with E-state index in [0.717, 1.165) is 28.6 Å². The molecule has 2 aromatic carbocycles. The predicted octanol–water partition coefficient (Wildman–Crippen LogP) is 2.61. The first-order valence-electron chi connectivity index (χ1n) is 9.50. The summed E-state index contributed by atoms with van der Waals surface area (Å²) in [6.45, 7) is 5.06. The topological polar surface area (TPSA) is 36.8 Å². The molecule has 150 valence electrons. The van der Waals surface area contributed by atoms with Crippen molar-refractivity contribution < 1.29 is 22.9 Å². The molecule has 0 unspecified atom stereocenters. The van der Waals surface area contributed by atoms with Crippen molar-refractivity contribution in [1.29, 1.82) is 0 Å². The Hall–Kier alpha value is -2.54. The van der Waals surface area contributed by atoms with Gasteiger partial charge in [0, 0.05) is 11.4 Å². The molecule has 4 nitrogen and oxygen atoms in total. The molecule has 0 bridgehead atoms. The minimum absolute atomic E-state index is 0.0385. The highest BCUT2D eigenvalue weighted by atomic mass is 19.4. The zero-order valence-corrected chi connectivity index (χ0v) is 15.9. The van der Waals surface area contributed by atoms with Gasteiger partial charge in [-0.15, -0.1) is 0 Å². The lowest BCUT2D eigenvalue weighted by molar-refractivity contribution is -0.892. The molecule has 7 heteroatoms. The van der Waals surface area contributed by atoms with Gasteiger partial charge in [-0.25, -0.2) is 0 Å². The van der Waals surface area contributed by atoms with Crippen molar-refractivity contribution in [3.8, 4) is 0 Å². The van der Waals surface area contributed by atoms with Gasteiger partial charge in [0.05, 0.1) is 31.7 Å². The summed E-state index contributed by atoms with van der Waals surface area (Å²) in [5.74, 6) is -0.0385. The summed E-state index contributed by atoms with van der Waals surface area (Å²) in [5.41, 5.74) is 1.89. The number of nitrogens with zero attached hydrogens (tertiary/aromatic N) is 1. The lowest BCUT2D eigenvalue weighted by Gasteiger charge is -2.33. The standard InChI is InChI=1S/C21H24F3N3O/c1-2-16-6-3-4-9-19(16)25-20(28)15-26-10-12-27(13-11-26)18-8-5-7-17(14-18)21(22,23)24/h3-9,14H,2,10-13,15H2,1H3,(H,25,28)/p+1. The molecular formula is C21H25F3N3O+. The van der Waals surface area contributed by atoms with Crippen LogP contribution in [0.3, 0.4) is 0 Å². The molecule has 0 saturated carbocycles. The van der Waals surface area contributed by atoms with E-state index >= 15 is 0 Å². The molecule has 28 heavy (non-hydrogen) atoms. The highest BCUT2D eigenvalue weighted by Crippen LogP contribution is 2.31. The fraction of sp³-hybridized carbons (Fsp3) is 0.381. The number of quaternary nitrogens is 1. The van der Waals surface area contributed by atoms with Crippen molar-refractivity contribution in [2.45, 2.75) is 19.5 Å². The fourth-order valence-corrected chi connectivity index (χ4v) is 3.51. The van der Waals surface area contributed by atoms with Crippen molar-refractivity contribution >= 4 is 17.3 Å². The Labute approximate surface area is 162 Å². The second-order valence-corrected chi connectivity index (χ2v) is 7.02. The number of hydrogen-bond acceptors (Lipinski definition) is 2. The quantitative estimate of drug-likeness (QED) is 0.821. The van der Waals surface area contributed by atoms with E-state index in [1.165, 1.54) is 12.1 Å². The monoisotopic (exact) mass is 392 g/mol. The summed E-state index contributed by atoms with van der Waals surface area (Å²) < 4.78 is 38.7. The first-order valence-corrected chi connectivity index (χ1v) is 9.50. The van der Waals surface area contributed by atoms with E-state index in [9.17, 15) is 18.0 Å². The molecule has 1 amide bonds. The van der Waals surface area contributed by atoms with Gasteiger partial charge in [0.2, 0.25) is 0 Å². The molecule has 2 aromatic rings. The van der Waals surface area contributed by atoms with Crippen molar-refractivity contribution in [2.24, 2.45) is 0 Å². The number of rotatable bonds is 5. The van der Waals surface area contributed by atoms with Crippen molar-refractivity contribution in [1.82, 2.24) is 0 Å². The highest BCUT2D eigenvalue weighted by molar-refractivity contribution is 5.92. The zero-order chi connectivity index (χ0) is 20.1. The third-order valence-corrected chi connectivity index (χ3v) is 5.09. The van der Waals surface area contributed by atoms with E-state index in [2.05, 4.69) is 5.32 Å². The van der Waals surface area contributed by atoms with Gasteiger partial charge in [-0.2, -0.15) is 13.2 Å². The number of aryl methyl sites for hydroxylation is 1. The molecule has 2 N–H and O–H groups in total. The predicted molar refractivity (Wildman–Crippen MR) is 104 cm³/mol. The third kappa shape index (κ3) is 5.04.